The largest absolute Gasteiger partial charge is 0.497 e. The van der Waals surface area contributed by atoms with Crippen LogP contribution in [0.2, 0.25) is 0 Å². The van der Waals surface area contributed by atoms with E-state index in [1.807, 2.05) is 36.4 Å². The molecule has 0 aliphatic heterocycles. The third-order valence-electron chi connectivity index (χ3n) is 3.72. The van der Waals surface area contributed by atoms with Crippen LogP contribution in [0.5, 0.6) is 11.5 Å². The van der Waals surface area contributed by atoms with Crippen LogP contribution in [-0.4, -0.2) is 30.2 Å². The normalized spacial score (nSPS) is 10.8. The number of aromatic amines is 1. The molecule has 0 unspecified atom stereocenters. The van der Waals surface area contributed by atoms with Gasteiger partial charge in [-0.15, -0.1) is 0 Å². The number of allylic oxidation sites excluding steroid dienone is 1. The lowest BCUT2D eigenvalue weighted by molar-refractivity contribution is 0.104. The van der Waals surface area contributed by atoms with Crippen LogP contribution >= 0.6 is 0 Å². The molecule has 0 saturated carbocycles. The fourth-order valence-electron chi connectivity index (χ4n) is 2.39. The van der Waals surface area contributed by atoms with Crippen LogP contribution in [0.1, 0.15) is 16.1 Å². The molecule has 5 heteroatoms. The molecule has 0 radical (unpaired) electrons. The van der Waals surface area contributed by atoms with Crippen LogP contribution in [0, 0.1) is 0 Å². The van der Waals surface area contributed by atoms with E-state index in [0.717, 1.165) is 17.0 Å². The van der Waals surface area contributed by atoms with Crippen molar-refractivity contribution >= 4 is 11.9 Å². The summed E-state index contributed by atoms with van der Waals surface area (Å²) in [6, 6.07) is 16.8. The maximum atomic E-state index is 12.4. The molecular formula is C20H18N2O3. The SMILES string of the molecule is COc1cc(OC)cc(C(=O)C=Cc2cc(-c3ccccc3)n[nH]2)c1. The first-order valence-electron chi connectivity index (χ1n) is 7.76. The van der Waals surface area contributed by atoms with Crippen molar-refractivity contribution < 1.29 is 14.3 Å². The number of ether oxygens (including phenoxy) is 2. The Balaban J connectivity index is 1.78. The van der Waals surface area contributed by atoms with E-state index in [-0.39, 0.29) is 5.78 Å². The summed E-state index contributed by atoms with van der Waals surface area (Å²) < 4.78 is 10.4. The average Bonchev–Trinajstić information content (AvgIpc) is 3.15. The Hall–Kier alpha value is -3.34. The number of rotatable bonds is 6. The first-order valence-corrected chi connectivity index (χ1v) is 7.76. The number of ketones is 1. The van der Waals surface area contributed by atoms with Crippen LogP contribution in [0.25, 0.3) is 17.3 Å². The van der Waals surface area contributed by atoms with E-state index in [1.54, 1.807) is 38.5 Å². The molecule has 1 aromatic heterocycles. The molecule has 0 aliphatic carbocycles. The highest BCUT2D eigenvalue weighted by Gasteiger charge is 2.08. The number of aromatic nitrogens is 2. The van der Waals surface area contributed by atoms with Crippen LogP contribution in [-0.2, 0) is 0 Å². The fraction of sp³-hybridized carbons (Fsp3) is 0.100. The summed E-state index contributed by atoms with van der Waals surface area (Å²) in [5.41, 5.74) is 3.09. The van der Waals surface area contributed by atoms with Crippen molar-refractivity contribution in [3.05, 3.63) is 71.9 Å². The zero-order valence-corrected chi connectivity index (χ0v) is 14.0. The zero-order valence-electron chi connectivity index (χ0n) is 14.0. The van der Waals surface area contributed by atoms with Gasteiger partial charge in [0.25, 0.3) is 0 Å². The average molecular weight is 334 g/mol. The Labute approximate surface area is 145 Å². The van der Waals surface area contributed by atoms with Crippen molar-refractivity contribution in [1.82, 2.24) is 10.2 Å². The Kier molecular flexibility index (Phi) is 4.95. The Morgan fingerprint density at radius 2 is 1.68 bits per heavy atom. The van der Waals surface area contributed by atoms with E-state index >= 15 is 0 Å². The molecule has 3 rings (SSSR count). The minimum absolute atomic E-state index is 0.145. The van der Waals surface area contributed by atoms with E-state index in [9.17, 15) is 4.79 Å². The summed E-state index contributed by atoms with van der Waals surface area (Å²) in [6.07, 6.45) is 3.20. The van der Waals surface area contributed by atoms with Gasteiger partial charge in [0.1, 0.15) is 11.5 Å². The van der Waals surface area contributed by atoms with Gasteiger partial charge in [0.2, 0.25) is 0 Å². The van der Waals surface area contributed by atoms with E-state index < -0.39 is 0 Å². The predicted octanol–water partition coefficient (Wildman–Crippen LogP) is 3.99. The summed E-state index contributed by atoms with van der Waals surface area (Å²) in [7, 11) is 3.10. The van der Waals surface area contributed by atoms with Gasteiger partial charge in [0.05, 0.1) is 25.6 Å². The molecule has 0 saturated heterocycles. The molecule has 0 aliphatic rings. The van der Waals surface area contributed by atoms with Crippen molar-refractivity contribution in [2.75, 3.05) is 14.2 Å². The summed E-state index contributed by atoms with van der Waals surface area (Å²) >= 11 is 0. The van der Waals surface area contributed by atoms with Crippen molar-refractivity contribution in [3.8, 4) is 22.8 Å². The molecule has 1 N–H and O–H groups in total. The van der Waals surface area contributed by atoms with Gasteiger partial charge in [0.15, 0.2) is 5.78 Å². The minimum atomic E-state index is -0.145. The number of carbonyl (C=O) groups is 1. The number of methoxy groups -OCH3 is 2. The van der Waals surface area contributed by atoms with Crippen molar-refractivity contribution in [3.63, 3.8) is 0 Å². The Bertz CT molecular complexity index is 876. The molecule has 0 spiro atoms. The number of hydrogen-bond donors (Lipinski definition) is 1. The molecular weight excluding hydrogens is 316 g/mol. The summed E-state index contributed by atoms with van der Waals surface area (Å²) in [6.45, 7) is 0. The van der Waals surface area contributed by atoms with E-state index in [1.165, 1.54) is 6.08 Å². The molecule has 5 nitrogen and oxygen atoms in total. The van der Waals surface area contributed by atoms with Crippen molar-refractivity contribution in [1.29, 1.82) is 0 Å². The number of hydrogen-bond acceptors (Lipinski definition) is 4. The molecule has 2 aromatic carbocycles. The molecule has 3 aromatic rings. The Morgan fingerprint density at radius 1 is 1.00 bits per heavy atom. The van der Waals surface area contributed by atoms with Crippen LogP contribution in [0.15, 0.2) is 60.7 Å². The quantitative estimate of drug-likeness (QED) is 0.547. The minimum Gasteiger partial charge on any atom is -0.497 e. The zero-order chi connectivity index (χ0) is 17.6. The maximum Gasteiger partial charge on any atom is 0.186 e. The van der Waals surface area contributed by atoms with Crippen LogP contribution in [0.3, 0.4) is 0 Å². The lowest BCUT2D eigenvalue weighted by atomic mass is 10.1. The molecule has 0 fully saturated rings. The van der Waals surface area contributed by atoms with Crippen LogP contribution in [0.4, 0.5) is 0 Å². The van der Waals surface area contributed by atoms with Crippen LogP contribution < -0.4 is 9.47 Å². The van der Waals surface area contributed by atoms with Gasteiger partial charge in [-0.05, 0) is 30.4 Å². The molecule has 25 heavy (non-hydrogen) atoms. The second-order valence-electron chi connectivity index (χ2n) is 5.37. The monoisotopic (exact) mass is 334 g/mol. The number of nitrogens with zero attached hydrogens (tertiary/aromatic N) is 1. The Morgan fingerprint density at radius 3 is 2.32 bits per heavy atom. The smallest absolute Gasteiger partial charge is 0.186 e. The van der Waals surface area contributed by atoms with Gasteiger partial charge >= 0.3 is 0 Å². The lowest BCUT2D eigenvalue weighted by Gasteiger charge is -2.06. The number of carbonyl (C=O) groups excluding carboxylic acids is 1. The lowest BCUT2D eigenvalue weighted by Crippen LogP contribution is -1.97. The summed E-state index contributed by atoms with van der Waals surface area (Å²) in [5, 5.41) is 7.18. The maximum absolute atomic E-state index is 12.4. The van der Waals surface area contributed by atoms with Crippen molar-refractivity contribution in [2.45, 2.75) is 0 Å². The van der Waals surface area contributed by atoms with Gasteiger partial charge in [-0.1, -0.05) is 30.3 Å². The predicted molar refractivity (Wildman–Crippen MR) is 96.9 cm³/mol. The highest BCUT2D eigenvalue weighted by molar-refractivity contribution is 6.07. The second-order valence-corrected chi connectivity index (χ2v) is 5.37. The number of benzene rings is 2. The molecule has 0 bridgehead atoms. The van der Waals surface area contributed by atoms with E-state index in [4.69, 9.17) is 9.47 Å². The second kappa shape index (κ2) is 7.49. The molecule has 126 valence electrons. The van der Waals surface area contributed by atoms with E-state index in [2.05, 4.69) is 10.2 Å². The van der Waals surface area contributed by atoms with Gasteiger partial charge in [-0.3, -0.25) is 9.89 Å². The topological polar surface area (TPSA) is 64.2 Å². The third-order valence-corrected chi connectivity index (χ3v) is 3.72. The fourth-order valence-corrected chi connectivity index (χ4v) is 2.39. The molecule has 0 atom stereocenters. The summed E-state index contributed by atoms with van der Waals surface area (Å²) in [4.78, 5) is 12.4. The van der Waals surface area contributed by atoms with Crippen molar-refractivity contribution in [2.24, 2.45) is 0 Å². The van der Waals surface area contributed by atoms with Gasteiger partial charge < -0.3 is 9.47 Å². The van der Waals surface area contributed by atoms with Gasteiger partial charge in [0, 0.05) is 17.2 Å². The third kappa shape index (κ3) is 3.95. The molecule has 0 amide bonds. The first-order chi connectivity index (χ1) is 12.2. The summed E-state index contributed by atoms with van der Waals surface area (Å²) in [5.74, 6) is 1.00. The highest BCUT2D eigenvalue weighted by Crippen LogP contribution is 2.23. The van der Waals surface area contributed by atoms with E-state index in [0.29, 0.717) is 17.1 Å². The van der Waals surface area contributed by atoms with Gasteiger partial charge in [-0.2, -0.15) is 5.10 Å². The number of nitrogens with one attached hydrogen (secondary N) is 1. The standard InChI is InChI=1S/C20H18N2O3/c1-24-17-10-15(11-18(13-17)25-2)20(23)9-8-16-12-19(22-21-16)14-6-4-3-5-7-14/h3-13H,1-2H3,(H,21,22). The highest BCUT2D eigenvalue weighted by atomic mass is 16.5. The molecule has 1 heterocycles. The first kappa shape index (κ1) is 16.5. The number of H-pyrrole nitrogens is 1. The van der Waals surface area contributed by atoms with Gasteiger partial charge in [-0.25, -0.2) is 0 Å².